The van der Waals surface area contributed by atoms with Gasteiger partial charge in [0.15, 0.2) is 0 Å². The van der Waals surface area contributed by atoms with Crippen LogP contribution in [0.15, 0.2) is 42.5 Å². The number of hydrogen-bond donors (Lipinski definition) is 1. The summed E-state index contributed by atoms with van der Waals surface area (Å²) in [7, 11) is 1.63. The highest BCUT2D eigenvalue weighted by Gasteiger charge is 2.23. The summed E-state index contributed by atoms with van der Waals surface area (Å²) < 4.78 is 11.8. The number of amides is 1. The third kappa shape index (κ3) is 5.49. The van der Waals surface area contributed by atoms with Crippen molar-refractivity contribution in [2.45, 2.75) is 38.8 Å². The van der Waals surface area contributed by atoms with E-state index in [2.05, 4.69) is 11.2 Å². The molecule has 3 rings (SSSR count). The highest BCUT2D eigenvalue weighted by atomic mass is 32.1. The number of carbonyl (C=O) groups is 1. The first-order chi connectivity index (χ1) is 13.8. The Morgan fingerprint density at radius 2 is 2.07 bits per heavy atom. The largest absolute Gasteiger partial charge is 0.497 e. The molecule has 0 aliphatic heterocycles. The molecule has 1 unspecified atom stereocenters. The molecule has 29 heavy (non-hydrogen) atoms. The zero-order valence-electron chi connectivity index (χ0n) is 17.0. The van der Waals surface area contributed by atoms with E-state index in [0.717, 1.165) is 32.1 Å². The smallest absolute Gasteiger partial charge is 0.408 e. The van der Waals surface area contributed by atoms with Crippen LogP contribution in [0.25, 0.3) is 10.2 Å². The maximum atomic E-state index is 12.5. The third-order valence-electron chi connectivity index (χ3n) is 4.13. The summed E-state index contributed by atoms with van der Waals surface area (Å²) in [5, 5.41) is 3.77. The lowest BCUT2D eigenvalue weighted by molar-refractivity contribution is 0.0503. The number of aromatic nitrogens is 1. The second kappa shape index (κ2) is 8.54. The minimum absolute atomic E-state index is 0.346. The molecule has 0 spiro atoms. The lowest BCUT2D eigenvalue weighted by Gasteiger charge is -2.23. The van der Waals surface area contributed by atoms with Crippen LogP contribution in [-0.4, -0.2) is 23.8 Å². The molecule has 6 heteroatoms. The summed E-state index contributed by atoms with van der Waals surface area (Å²) in [5.74, 6) is 3.42. The van der Waals surface area contributed by atoms with Crippen LogP contribution in [0.2, 0.25) is 0 Å². The van der Waals surface area contributed by atoms with Gasteiger partial charge in [0.05, 0.1) is 23.4 Å². The molecular formula is C23H24N2O3S. The number of methoxy groups -OCH3 is 1. The van der Waals surface area contributed by atoms with Crippen molar-refractivity contribution >= 4 is 27.6 Å². The second-order valence-corrected chi connectivity index (χ2v) is 8.70. The molecule has 3 aromatic rings. The van der Waals surface area contributed by atoms with Gasteiger partial charge in [-0.15, -0.1) is 17.8 Å². The number of fused-ring (bicyclic) bond motifs is 1. The Kier molecular flexibility index (Phi) is 6.09. The van der Waals surface area contributed by atoms with Crippen molar-refractivity contribution in [1.29, 1.82) is 0 Å². The Balaban J connectivity index is 1.93. The van der Waals surface area contributed by atoms with Gasteiger partial charge < -0.3 is 14.8 Å². The predicted molar refractivity (Wildman–Crippen MR) is 116 cm³/mol. The zero-order chi connectivity index (χ0) is 21.0. The highest BCUT2D eigenvalue weighted by molar-refractivity contribution is 7.18. The fraction of sp³-hybridized carbons (Fsp3) is 0.304. The molecule has 1 N–H and O–H groups in total. The molecule has 0 bridgehead atoms. The fourth-order valence-electron chi connectivity index (χ4n) is 2.87. The number of hydrogen-bond acceptors (Lipinski definition) is 5. The topological polar surface area (TPSA) is 60.5 Å². The van der Waals surface area contributed by atoms with Crippen LogP contribution < -0.4 is 10.1 Å². The molecule has 0 radical (unpaired) electrons. The van der Waals surface area contributed by atoms with Gasteiger partial charge in [0, 0.05) is 5.56 Å². The third-order valence-corrected chi connectivity index (χ3v) is 5.27. The second-order valence-electron chi connectivity index (χ2n) is 7.63. The minimum atomic E-state index is -0.584. The standard InChI is InChI=1S/C23H24N2O3S/c1-6-15-8-7-9-16(12-15)13-19(25-22(26)28-23(2,3)4)21-24-18-11-10-17(27-5)14-20(18)29-21/h1,7-12,14,19H,13H2,2-5H3,(H,25,26). The first kappa shape index (κ1) is 20.7. The number of ether oxygens (including phenoxy) is 2. The van der Waals surface area contributed by atoms with E-state index in [1.807, 2.05) is 63.2 Å². The van der Waals surface area contributed by atoms with Gasteiger partial charge in [-0.3, -0.25) is 0 Å². The number of carbonyl (C=O) groups excluding carboxylic acids is 1. The Hall–Kier alpha value is -3.04. The van der Waals surface area contributed by atoms with E-state index in [4.69, 9.17) is 20.9 Å². The van der Waals surface area contributed by atoms with E-state index in [-0.39, 0.29) is 6.04 Å². The van der Waals surface area contributed by atoms with E-state index in [1.165, 1.54) is 11.3 Å². The molecule has 0 saturated heterocycles. The van der Waals surface area contributed by atoms with Gasteiger partial charge in [-0.2, -0.15) is 0 Å². The summed E-state index contributed by atoms with van der Waals surface area (Å²) in [5.41, 5.74) is 2.09. The molecule has 1 heterocycles. The Morgan fingerprint density at radius 3 is 2.76 bits per heavy atom. The van der Waals surface area contributed by atoms with Crippen molar-refractivity contribution in [3.63, 3.8) is 0 Å². The number of benzene rings is 2. The Bertz CT molecular complexity index is 1060. The maximum Gasteiger partial charge on any atom is 0.408 e. The van der Waals surface area contributed by atoms with Gasteiger partial charge in [0.2, 0.25) is 0 Å². The number of nitrogens with one attached hydrogen (secondary N) is 1. The molecular weight excluding hydrogens is 384 g/mol. The van der Waals surface area contributed by atoms with Gasteiger partial charge in [-0.25, -0.2) is 9.78 Å². The van der Waals surface area contributed by atoms with Crippen LogP contribution in [0.1, 0.15) is 42.9 Å². The van der Waals surface area contributed by atoms with Crippen LogP contribution in [0.4, 0.5) is 4.79 Å². The number of rotatable bonds is 5. The SMILES string of the molecule is C#Cc1cccc(CC(NC(=O)OC(C)(C)C)c2nc3ccc(OC)cc3s2)c1. The number of nitrogens with zero attached hydrogens (tertiary/aromatic N) is 1. The Labute approximate surface area is 175 Å². The van der Waals surface area contributed by atoms with Crippen LogP contribution >= 0.6 is 11.3 Å². The quantitative estimate of drug-likeness (QED) is 0.597. The lowest BCUT2D eigenvalue weighted by atomic mass is 10.0. The van der Waals surface area contributed by atoms with Crippen molar-refractivity contribution < 1.29 is 14.3 Å². The van der Waals surface area contributed by atoms with E-state index < -0.39 is 11.7 Å². The fourth-order valence-corrected chi connectivity index (χ4v) is 3.92. The molecule has 150 valence electrons. The lowest BCUT2D eigenvalue weighted by Crippen LogP contribution is -2.35. The van der Waals surface area contributed by atoms with E-state index in [0.29, 0.717) is 6.42 Å². The highest BCUT2D eigenvalue weighted by Crippen LogP contribution is 2.31. The minimum Gasteiger partial charge on any atom is -0.497 e. The molecule has 0 aliphatic carbocycles. The summed E-state index contributed by atoms with van der Waals surface area (Å²) in [6.45, 7) is 5.51. The average Bonchev–Trinajstić information content (AvgIpc) is 3.09. The normalized spacial score (nSPS) is 12.2. The van der Waals surface area contributed by atoms with Crippen molar-refractivity contribution in [1.82, 2.24) is 10.3 Å². The van der Waals surface area contributed by atoms with Crippen molar-refractivity contribution in [2.24, 2.45) is 0 Å². The first-order valence-electron chi connectivity index (χ1n) is 9.27. The van der Waals surface area contributed by atoms with Crippen LogP contribution in [0, 0.1) is 12.3 Å². The van der Waals surface area contributed by atoms with Crippen molar-refractivity contribution in [3.8, 4) is 18.1 Å². The molecule has 0 aliphatic rings. The van der Waals surface area contributed by atoms with Gasteiger partial charge in [-0.1, -0.05) is 18.1 Å². The van der Waals surface area contributed by atoms with Crippen molar-refractivity contribution in [2.75, 3.05) is 7.11 Å². The van der Waals surface area contributed by atoms with Crippen LogP contribution in [-0.2, 0) is 11.2 Å². The van der Waals surface area contributed by atoms with Crippen molar-refractivity contribution in [3.05, 3.63) is 58.6 Å². The summed E-state index contributed by atoms with van der Waals surface area (Å²) >= 11 is 1.52. The van der Waals surface area contributed by atoms with Crippen LogP contribution in [0.5, 0.6) is 5.75 Å². The van der Waals surface area contributed by atoms with E-state index >= 15 is 0 Å². The molecule has 5 nitrogen and oxygen atoms in total. The van der Waals surface area contributed by atoms with Gasteiger partial charge in [0.25, 0.3) is 0 Å². The summed E-state index contributed by atoms with van der Waals surface area (Å²) in [6, 6.07) is 13.1. The van der Waals surface area contributed by atoms with Crippen LogP contribution in [0.3, 0.4) is 0 Å². The summed E-state index contributed by atoms with van der Waals surface area (Å²) in [4.78, 5) is 17.2. The molecule has 1 amide bonds. The first-order valence-corrected chi connectivity index (χ1v) is 10.1. The predicted octanol–water partition coefficient (Wildman–Crippen LogP) is 5.09. The molecule has 0 saturated carbocycles. The van der Waals surface area contributed by atoms with E-state index in [9.17, 15) is 4.79 Å². The van der Waals surface area contributed by atoms with Gasteiger partial charge >= 0.3 is 6.09 Å². The zero-order valence-corrected chi connectivity index (χ0v) is 17.8. The Morgan fingerprint density at radius 1 is 1.28 bits per heavy atom. The number of terminal acetylenes is 1. The monoisotopic (exact) mass is 408 g/mol. The number of alkyl carbamates (subject to hydrolysis) is 1. The molecule has 2 aromatic carbocycles. The van der Waals surface area contributed by atoms with Gasteiger partial charge in [-0.05, 0) is 63.1 Å². The number of thiazole rings is 1. The summed E-state index contributed by atoms with van der Waals surface area (Å²) in [6.07, 6.45) is 5.60. The molecule has 1 atom stereocenters. The maximum absolute atomic E-state index is 12.5. The van der Waals surface area contributed by atoms with E-state index in [1.54, 1.807) is 7.11 Å². The molecule has 1 aromatic heterocycles. The van der Waals surface area contributed by atoms with Gasteiger partial charge in [0.1, 0.15) is 16.4 Å². The molecule has 0 fully saturated rings. The average molecular weight is 409 g/mol.